The monoisotopic (exact) mass is 360 g/mol. The summed E-state index contributed by atoms with van der Waals surface area (Å²) in [4.78, 5) is 25.4. The number of benzene rings is 2. The number of hydrogen-bond acceptors (Lipinski definition) is 4. The zero-order valence-electron chi connectivity index (χ0n) is 14.7. The molecule has 0 radical (unpaired) electrons. The number of nitrogens with zero attached hydrogens (tertiary/aromatic N) is 1. The summed E-state index contributed by atoms with van der Waals surface area (Å²) < 4.78 is 23.7. The minimum Gasteiger partial charge on any atom is -0.497 e. The largest absolute Gasteiger partial charge is 0.497 e. The summed E-state index contributed by atoms with van der Waals surface area (Å²) in [6, 6.07) is 12.4. The van der Waals surface area contributed by atoms with Gasteiger partial charge in [-0.05, 0) is 42.5 Å². The molecule has 0 spiro atoms. The Hall–Kier alpha value is -3.09. The van der Waals surface area contributed by atoms with Gasteiger partial charge in [0.15, 0.2) is 0 Å². The first kappa shape index (κ1) is 19.2. The maximum Gasteiger partial charge on any atom is 0.251 e. The summed E-state index contributed by atoms with van der Waals surface area (Å²) in [7, 11) is 3.21. The summed E-state index contributed by atoms with van der Waals surface area (Å²) in [5.74, 6) is 0.135. The molecular weight excluding hydrogens is 339 g/mol. The fourth-order valence-corrected chi connectivity index (χ4v) is 2.12. The topological polar surface area (TPSA) is 67.9 Å². The Morgan fingerprint density at radius 3 is 2.46 bits per heavy atom. The lowest BCUT2D eigenvalue weighted by molar-refractivity contribution is -0.129. The Morgan fingerprint density at radius 1 is 1.12 bits per heavy atom. The molecule has 0 unspecified atom stereocenters. The van der Waals surface area contributed by atoms with E-state index in [4.69, 9.17) is 9.47 Å². The van der Waals surface area contributed by atoms with Crippen LogP contribution < -0.4 is 14.8 Å². The van der Waals surface area contributed by atoms with E-state index in [-0.39, 0.29) is 18.0 Å². The molecule has 0 aliphatic heterocycles. The van der Waals surface area contributed by atoms with Crippen molar-refractivity contribution in [1.82, 2.24) is 10.2 Å². The predicted octanol–water partition coefficient (Wildman–Crippen LogP) is 2.10. The highest BCUT2D eigenvalue weighted by atomic mass is 19.1. The summed E-state index contributed by atoms with van der Waals surface area (Å²) in [6.45, 7) is 0.501. The van der Waals surface area contributed by atoms with Gasteiger partial charge in [0.1, 0.15) is 23.9 Å². The number of amides is 2. The van der Waals surface area contributed by atoms with Crippen LogP contribution in [0.1, 0.15) is 10.4 Å². The van der Waals surface area contributed by atoms with Crippen LogP contribution in [0.3, 0.4) is 0 Å². The van der Waals surface area contributed by atoms with Crippen molar-refractivity contribution in [3.8, 4) is 11.5 Å². The molecule has 2 amide bonds. The lowest BCUT2D eigenvalue weighted by atomic mass is 10.2. The van der Waals surface area contributed by atoms with Gasteiger partial charge in [-0.3, -0.25) is 9.59 Å². The van der Waals surface area contributed by atoms with Gasteiger partial charge in [0.05, 0.1) is 20.2 Å². The van der Waals surface area contributed by atoms with Crippen LogP contribution in [0.4, 0.5) is 4.39 Å². The van der Waals surface area contributed by atoms with Crippen LogP contribution in [0.2, 0.25) is 0 Å². The zero-order chi connectivity index (χ0) is 18.9. The van der Waals surface area contributed by atoms with E-state index in [0.29, 0.717) is 18.9 Å². The Balaban J connectivity index is 1.72. The van der Waals surface area contributed by atoms with Crippen LogP contribution >= 0.6 is 0 Å². The summed E-state index contributed by atoms with van der Waals surface area (Å²) in [5, 5.41) is 2.48. The molecular formula is C19H21FN2O4. The Morgan fingerprint density at radius 2 is 1.81 bits per heavy atom. The quantitative estimate of drug-likeness (QED) is 0.783. The Bertz CT molecular complexity index is 749. The fraction of sp³-hybridized carbons (Fsp3) is 0.263. The number of nitrogens with one attached hydrogen (secondary N) is 1. The van der Waals surface area contributed by atoms with Gasteiger partial charge in [-0.1, -0.05) is 6.07 Å². The van der Waals surface area contributed by atoms with Crippen LogP contribution in [-0.2, 0) is 4.79 Å². The Kier molecular flexibility index (Phi) is 6.96. The van der Waals surface area contributed by atoms with Gasteiger partial charge in [-0.25, -0.2) is 4.39 Å². The number of rotatable bonds is 8. The molecule has 0 bridgehead atoms. The number of likely N-dealkylation sites (N-methyl/N-ethyl adjacent to an activating group) is 1. The van der Waals surface area contributed by atoms with Crippen LogP contribution in [0.15, 0.2) is 48.5 Å². The molecule has 0 heterocycles. The van der Waals surface area contributed by atoms with Crippen LogP contribution in [0.5, 0.6) is 11.5 Å². The predicted molar refractivity (Wildman–Crippen MR) is 94.9 cm³/mol. The third-order valence-corrected chi connectivity index (χ3v) is 3.67. The second kappa shape index (κ2) is 9.41. The van der Waals surface area contributed by atoms with Gasteiger partial charge in [0.2, 0.25) is 5.91 Å². The standard InChI is InChI=1S/C19H21FN2O4/c1-22(10-11-26-17-8-6-16(25-2)7-9-17)18(23)13-21-19(24)14-4-3-5-15(20)12-14/h3-9,12H,10-11,13H2,1-2H3,(H,21,24). The van der Waals surface area contributed by atoms with Gasteiger partial charge in [-0.2, -0.15) is 0 Å². The fourth-order valence-electron chi connectivity index (χ4n) is 2.12. The zero-order valence-corrected chi connectivity index (χ0v) is 14.7. The van der Waals surface area contributed by atoms with Gasteiger partial charge in [0.25, 0.3) is 5.91 Å². The third-order valence-electron chi connectivity index (χ3n) is 3.67. The molecule has 2 rings (SSSR count). The van der Waals surface area contributed by atoms with Crippen molar-refractivity contribution >= 4 is 11.8 Å². The van der Waals surface area contributed by atoms with Gasteiger partial charge in [-0.15, -0.1) is 0 Å². The van der Waals surface area contributed by atoms with Crippen molar-refractivity contribution in [1.29, 1.82) is 0 Å². The van der Waals surface area contributed by atoms with E-state index in [1.807, 2.05) is 0 Å². The number of methoxy groups -OCH3 is 1. The molecule has 2 aromatic carbocycles. The molecule has 6 nitrogen and oxygen atoms in total. The molecule has 0 saturated carbocycles. The molecule has 0 fully saturated rings. The van der Waals surface area contributed by atoms with Crippen molar-refractivity contribution < 1.29 is 23.5 Å². The molecule has 0 aromatic heterocycles. The van der Waals surface area contributed by atoms with Gasteiger partial charge in [0, 0.05) is 12.6 Å². The molecule has 0 atom stereocenters. The number of carbonyl (C=O) groups excluding carboxylic acids is 2. The van der Waals surface area contributed by atoms with E-state index in [2.05, 4.69) is 5.32 Å². The molecule has 26 heavy (non-hydrogen) atoms. The van der Waals surface area contributed by atoms with Gasteiger partial charge < -0.3 is 19.7 Å². The maximum atomic E-state index is 13.1. The molecule has 0 aliphatic rings. The Labute approximate surface area is 151 Å². The van der Waals surface area contributed by atoms with E-state index < -0.39 is 11.7 Å². The van der Waals surface area contributed by atoms with Crippen molar-refractivity contribution in [3.05, 3.63) is 59.9 Å². The SMILES string of the molecule is COc1ccc(OCCN(C)C(=O)CNC(=O)c2cccc(F)c2)cc1. The number of hydrogen-bond donors (Lipinski definition) is 1. The van der Waals surface area contributed by atoms with Crippen molar-refractivity contribution in [3.63, 3.8) is 0 Å². The van der Waals surface area contributed by atoms with E-state index in [0.717, 1.165) is 11.8 Å². The highest BCUT2D eigenvalue weighted by Crippen LogP contribution is 2.16. The first-order valence-electron chi connectivity index (χ1n) is 8.04. The average Bonchev–Trinajstić information content (AvgIpc) is 2.66. The lowest BCUT2D eigenvalue weighted by Crippen LogP contribution is -2.39. The first-order valence-corrected chi connectivity index (χ1v) is 8.04. The summed E-state index contributed by atoms with van der Waals surface area (Å²) >= 11 is 0. The van der Waals surface area contributed by atoms with Crippen LogP contribution in [0, 0.1) is 5.82 Å². The normalized spacial score (nSPS) is 10.1. The molecule has 7 heteroatoms. The minimum absolute atomic E-state index is 0.170. The number of halogens is 1. The molecule has 0 aliphatic carbocycles. The summed E-state index contributed by atoms with van der Waals surface area (Å²) in [5.41, 5.74) is 0.170. The second-order valence-electron chi connectivity index (χ2n) is 5.53. The highest BCUT2D eigenvalue weighted by molar-refractivity contribution is 5.96. The molecule has 2 aromatic rings. The molecule has 0 saturated heterocycles. The maximum absolute atomic E-state index is 13.1. The average molecular weight is 360 g/mol. The first-order chi connectivity index (χ1) is 12.5. The smallest absolute Gasteiger partial charge is 0.251 e. The third kappa shape index (κ3) is 5.77. The minimum atomic E-state index is -0.503. The van der Waals surface area contributed by atoms with E-state index in [1.165, 1.54) is 23.1 Å². The number of carbonyl (C=O) groups is 2. The van der Waals surface area contributed by atoms with Gasteiger partial charge >= 0.3 is 0 Å². The van der Waals surface area contributed by atoms with Crippen molar-refractivity contribution in [2.24, 2.45) is 0 Å². The van der Waals surface area contributed by atoms with Crippen LogP contribution in [0.25, 0.3) is 0 Å². The van der Waals surface area contributed by atoms with Crippen LogP contribution in [-0.4, -0.2) is 50.6 Å². The molecule has 1 N–H and O–H groups in total. The number of ether oxygens (including phenoxy) is 2. The molecule has 138 valence electrons. The highest BCUT2D eigenvalue weighted by Gasteiger charge is 2.12. The van der Waals surface area contributed by atoms with E-state index >= 15 is 0 Å². The summed E-state index contributed by atoms with van der Waals surface area (Å²) in [6.07, 6.45) is 0. The lowest BCUT2D eigenvalue weighted by Gasteiger charge is -2.18. The van der Waals surface area contributed by atoms with E-state index in [9.17, 15) is 14.0 Å². The van der Waals surface area contributed by atoms with Crippen molar-refractivity contribution in [2.75, 3.05) is 33.9 Å². The second-order valence-corrected chi connectivity index (χ2v) is 5.53. The van der Waals surface area contributed by atoms with Crippen molar-refractivity contribution in [2.45, 2.75) is 0 Å². The van der Waals surface area contributed by atoms with E-state index in [1.54, 1.807) is 38.4 Å².